The van der Waals surface area contributed by atoms with Crippen molar-refractivity contribution in [3.8, 4) is 0 Å². The van der Waals surface area contributed by atoms with Crippen molar-refractivity contribution < 1.29 is 49.6 Å². The lowest BCUT2D eigenvalue weighted by molar-refractivity contribution is -0.313. The fourth-order valence-electron chi connectivity index (χ4n) is 9.99. The van der Waals surface area contributed by atoms with Gasteiger partial charge in [-0.3, -0.25) is 0 Å². The van der Waals surface area contributed by atoms with Gasteiger partial charge in [0.2, 0.25) is 0 Å². The SMILES string of the molecule is C[C@H]1O[C@@H](O[C@H]2CC[C@]3(CO)C4C(CC[C@@H]3C2)[C@@]2(O)CC[C@H](C3=CC(=O)OC3)[C@@]2(C)C[C@H]4O)[C@H](O)[C@@H](O)[C@@H]1O. The Hall–Kier alpha value is -1.11. The van der Waals surface area contributed by atoms with E-state index in [0.717, 1.165) is 24.8 Å². The van der Waals surface area contributed by atoms with Gasteiger partial charge >= 0.3 is 5.97 Å². The molecule has 6 rings (SSSR count). The summed E-state index contributed by atoms with van der Waals surface area (Å²) >= 11 is 0. The molecule has 0 amide bonds. The van der Waals surface area contributed by atoms with Gasteiger partial charge in [-0.15, -0.1) is 0 Å². The van der Waals surface area contributed by atoms with E-state index in [1.807, 2.05) is 0 Å². The fourth-order valence-corrected chi connectivity index (χ4v) is 9.99. The molecular formula is C29H44O10. The van der Waals surface area contributed by atoms with Crippen LogP contribution >= 0.6 is 0 Å². The maximum atomic E-state index is 12.4. The van der Waals surface area contributed by atoms with Crippen molar-refractivity contribution in [1.29, 1.82) is 0 Å². The van der Waals surface area contributed by atoms with E-state index in [1.165, 1.54) is 0 Å². The summed E-state index contributed by atoms with van der Waals surface area (Å²) in [4.78, 5) is 11.8. The number of rotatable bonds is 4. The van der Waals surface area contributed by atoms with Crippen LogP contribution in [0.2, 0.25) is 0 Å². The normalized spacial score (nSPS) is 55.3. The van der Waals surface area contributed by atoms with Gasteiger partial charge in [-0.1, -0.05) is 6.92 Å². The van der Waals surface area contributed by atoms with E-state index < -0.39 is 53.2 Å². The fraction of sp³-hybridized carbons (Fsp3) is 0.897. The highest BCUT2D eigenvalue weighted by atomic mass is 16.7. The van der Waals surface area contributed by atoms with E-state index in [-0.39, 0.29) is 49.0 Å². The van der Waals surface area contributed by atoms with Crippen LogP contribution in [0.3, 0.4) is 0 Å². The van der Waals surface area contributed by atoms with Crippen molar-refractivity contribution in [2.45, 2.75) is 114 Å². The van der Waals surface area contributed by atoms with Crippen LogP contribution in [0.15, 0.2) is 11.6 Å². The second-order valence-corrected chi connectivity index (χ2v) is 13.5. The third-order valence-electron chi connectivity index (χ3n) is 12.0. The predicted octanol–water partition coefficient (Wildman–Crippen LogP) is 0.399. The zero-order valence-corrected chi connectivity index (χ0v) is 22.8. The van der Waals surface area contributed by atoms with Crippen LogP contribution in [0.4, 0.5) is 0 Å². The van der Waals surface area contributed by atoms with E-state index in [9.17, 15) is 35.4 Å². The van der Waals surface area contributed by atoms with Crippen molar-refractivity contribution in [3.63, 3.8) is 0 Å². The first kappa shape index (κ1) is 28.0. The highest BCUT2D eigenvalue weighted by Gasteiger charge is 2.70. The average Bonchev–Trinajstić information content (AvgIpc) is 3.45. The van der Waals surface area contributed by atoms with Gasteiger partial charge in [0, 0.05) is 23.5 Å². The number of aliphatic hydroxyl groups excluding tert-OH is 5. The average molecular weight is 553 g/mol. The molecular weight excluding hydrogens is 508 g/mol. The smallest absolute Gasteiger partial charge is 0.331 e. The molecule has 0 aromatic heterocycles. The number of ether oxygens (including phenoxy) is 3. The van der Waals surface area contributed by atoms with Crippen LogP contribution in [0.25, 0.3) is 0 Å². The van der Waals surface area contributed by atoms with Crippen LogP contribution in [0, 0.1) is 34.5 Å². The molecule has 2 aliphatic heterocycles. The van der Waals surface area contributed by atoms with Gasteiger partial charge in [-0.25, -0.2) is 4.79 Å². The lowest BCUT2D eigenvalue weighted by Crippen LogP contribution is -2.68. The molecule has 4 saturated carbocycles. The Kier molecular flexibility index (Phi) is 6.99. The van der Waals surface area contributed by atoms with Crippen molar-refractivity contribution >= 4 is 5.97 Å². The van der Waals surface area contributed by atoms with E-state index in [4.69, 9.17) is 14.2 Å². The Balaban J connectivity index is 1.22. The van der Waals surface area contributed by atoms with Gasteiger partial charge in [0.25, 0.3) is 0 Å². The van der Waals surface area contributed by atoms with Crippen molar-refractivity contribution in [2.75, 3.05) is 13.2 Å². The maximum Gasteiger partial charge on any atom is 0.331 e. The highest BCUT2D eigenvalue weighted by Crippen LogP contribution is 2.70. The molecule has 6 N–H and O–H groups in total. The van der Waals surface area contributed by atoms with Crippen LogP contribution in [-0.2, 0) is 19.0 Å². The molecule has 39 heavy (non-hydrogen) atoms. The lowest BCUT2D eigenvalue weighted by Gasteiger charge is -2.65. The molecule has 2 heterocycles. The molecule has 0 spiro atoms. The molecule has 10 nitrogen and oxygen atoms in total. The molecule has 0 aromatic rings. The summed E-state index contributed by atoms with van der Waals surface area (Å²) in [6.07, 6.45) is -0.0583. The summed E-state index contributed by atoms with van der Waals surface area (Å²) in [5.74, 6) is -0.753. The number of hydrogen-bond acceptors (Lipinski definition) is 10. The standard InChI is InChI=1S/C29H44O10/c1-14-23(33)24(34)25(35)26(38-14)39-17-5-7-28(13-30)16(10-17)3-4-19-22(28)20(31)11-27(2)18(6-8-29(19,27)36)15-9-21(32)37-12-15/h9,14,16-20,22-26,30-31,33-36H,3-8,10-13H2,1-2H3/t14-,16-,17+,18-,19?,20-,22?,23-,24+,25-,26+,27-,28-,29+/m1/s1. The van der Waals surface area contributed by atoms with Crippen LogP contribution in [-0.4, -0.2) is 98.3 Å². The third-order valence-corrected chi connectivity index (χ3v) is 12.0. The minimum atomic E-state index is -1.37. The molecule has 6 aliphatic rings. The number of aliphatic hydroxyl groups is 6. The van der Waals surface area contributed by atoms with Crippen molar-refractivity contribution in [1.82, 2.24) is 0 Å². The number of cyclic esters (lactones) is 1. The van der Waals surface area contributed by atoms with Gasteiger partial charge in [-0.2, -0.15) is 0 Å². The summed E-state index contributed by atoms with van der Waals surface area (Å²) in [6, 6.07) is 0. The van der Waals surface area contributed by atoms with E-state index >= 15 is 0 Å². The summed E-state index contributed by atoms with van der Waals surface area (Å²) in [7, 11) is 0. The number of esters is 1. The summed E-state index contributed by atoms with van der Waals surface area (Å²) in [6.45, 7) is 3.84. The molecule has 0 radical (unpaired) electrons. The van der Waals surface area contributed by atoms with E-state index in [0.29, 0.717) is 32.1 Å². The van der Waals surface area contributed by atoms with Gasteiger partial charge in [0.15, 0.2) is 6.29 Å². The highest BCUT2D eigenvalue weighted by molar-refractivity contribution is 5.85. The van der Waals surface area contributed by atoms with Crippen LogP contribution in [0.5, 0.6) is 0 Å². The van der Waals surface area contributed by atoms with Gasteiger partial charge in [0.05, 0.1) is 23.9 Å². The van der Waals surface area contributed by atoms with Gasteiger partial charge in [0.1, 0.15) is 24.9 Å². The molecule has 4 aliphatic carbocycles. The maximum absolute atomic E-state index is 12.4. The van der Waals surface area contributed by atoms with Crippen molar-refractivity contribution in [2.24, 2.45) is 34.5 Å². The molecule has 10 heteroatoms. The molecule has 2 unspecified atom stereocenters. The minimum Gasteiger partial charge on any atom is -0.458 e. The second-order valence-electron chi connectivity index (χ2n) is 13.5. The Bertz CT molecular complexity index is 1000. The molecule has 0 aromatic carbocycles. The molecule has 220 valence electrons. The Labute approximate surface area is 229 Å². The van der Waals surface area contributed by atoms with Crippen LogP contribution in [0.1, 0.15) is 65.2 Å². The first-order valence-corrected chi connectivity index (χ1v) is 14.7. The quantitative estimate of drug-likeness (QED) is 0.212. The number of hydrogen-bond donors (Lipinski definition) is 6. The molecule has 1 saturated heterocycles. The number of carbonyl (C=O) groups is 1. The lowest BCUT2D eigenvalue weighted by atomic mass is 9.42. The number of fused-ring (bicyclic) bond motifs is 5. The predicted molar refractivity (Wildman–Crippen MR) is 136 cm³/mol. The van der Waals surface area contributed by atoms with E-state index in [1.54, 1.807) is 13.0 Å². The summed E-state index contributed by atoms with van der Waals surface area (Å²) in [5.41, 5.74) is -1.25. The Morgan fingerprint density at radius 3 is 2.51 bits per heavy atom. The van der Waals surface area contributed by atoms with Gasteiger partial charge < -0.3 is 44.8 Å². The summed E-state index contributed by atoms with van der Waals surface area (Å²) in [5, 5.41) is 65.7. The number of carbonyl (C=O) groups excluding carboxylic acids is 1. The van der Waals surface area contributed by atoms with Crippen LogP contribution < -0.4 is 0 Å². The first-order chi connectivity index (χ1) is 18.4. The van der Waals surface area contributed by atoms with E-state index in [2.05, 4.69) is 6.92 Å². The van der Waals surface area contributed by atoms with Crippen molar-refractivity contribution in [3.05, 3.63) is 11.6 Å². The molecule has 14 atom stereocenters. The van der Waals surface area contributed by atoms with Gasteiger partial charge in [-0.05, 0) is 87.5 Å². The zero-order chi connectivity index (χ0) is 27.9. The third kappa shape index (κ3) is 4.00. The Morgan fingerprint density at radius 1 is 1.05 bits per heavy atom. The summed E-state index contributed by atoms with van der Waals surface area (Å²) < 4.78 is 17.0. The molecule has 0 bridgehead atoms. The first-order valence-electron chi connectivity index (χ1n) is 14.7. The minimum absolute atomic E-state index is 0.0327. The molecule has 5 fully saturated rings. The second kappa shape index (κ2) is 9.73. The monoisotopic (exact) mass is 552 g/mol. The largest absolute Gasteiger partial charge is 0.458 e. The Morgan fingerprint density at radius 2 is 1.82 bits per heavy atom. The zero-order valence-electron chi connectivity index (χ0n) is 22.8. The topological polar surface area (TPSA) is 166 Å².